The molecule has 4 heteroatoms. The van der Waals surface area contributed by atoms with Crippen molar-refractivity contribution in [3.63, 3.8) is 0 Å². The first-order chi connectivity index (χ1) is 8.54. The van der Waals surface area contributed by atoms with Crippen LogP contribution in [0.4, 0.5) is 11.6 Å². The molecule has 0 aliphatic carbocycles. The van der Waals surface area contributed by atoms with Crippen LogP contribution in [0.5, 0.6) is 0 Å². The predicted octanol–water partition coefficient (Wildman–Crippen LogP) is 3.25. The normalized spacial score (nSPS) is 11.3. The monoisotopic (exact) mass is 250 g/mol. The summed E-state index contributed by atoms with van der Waals surface area (Å²) in [4.78, 5) is 8.65. The van der Waals surface area contributed by atoms with Gasteiger partial charge in [0.25, 0.3) is 0 Å². The first kappa shape index (κ1) is 14.7. The van der Waals surface area contributed by atoms with Crippen LogP contribution in [-0.2, 0) is 0 Å². The van der Waals surface area contributed by atoms with Gasteiger partial charge < -0.3 is 10.6 Å². The molecule has 4 nitrogen and oxygen atoms in total. The molecule has 102 valence electrons. The van der Waals surface area contributed by atoms with E-state index < -0.39 is 0 Å². The molecule has 0 saturated heterocycles. The molecule has 0 atom stereocenters. The fourth-order valence-corrected chi connectivity index (χ4v) is 2.18. The highest BCUT2D eigenvalue weighted by molar-refractivity contribution is 5.41. The van der Waals surface area contributed by atoms with Gasteiger partial charge in [-0.2, -0.15) is 0 Å². The Balaban J connectivity index is 2.59. The standard InChI is InChI=1S/C14H26N4/c1-6-16-13-8-15-9-14(18-13)17-7-12(10(2)3)11(4)5/h8-12H,6-7H2,1-5H3,(H2,16,17,18). The van der Waals surface area contributed by atoms with Crippen molar-refractivity contribution in [1.82, 2.24) is 9.97 Å². The Labute approximate surface area is 111 Å². The van der Waals surface area contributed by atoms with E-state index in [1.165, 1.54) is 0 Å². The largest absolute Gasteiger partial charge is 0.369 e. The van der Waals surface area contributed by atoms with Crippen molar-refractivity contribution in [2.24, 2.45) is 17.8 Å². The number of nitrogens with one attached hydrogen (secondary N) is 2. The molecule has 1 aromatic rings. The first-order valence-corrected chi connectivity index (χ1v) is 6.84. The molecule has 0 fully saturated rings. The molecule has 0 amide bonds. The maximum Gasteiger partial charge on any atom is 0.146 e. The lowest BCUT2D eigenvalue weighted by Crippen LogP contribution is -2.25. The molecule has 2 N–H and O–H groups in total. The zero-order chi connectivity index (χ0) is 13.5. The number of hydrogen-bond acceptors (Lipinski definition) is 4. The first-order valence-electron chi connectivity index (χ1n) is 6.84. The van der Waals surface area contributed by atoms with Crippen LogP contribution >= 0.6 is 0 Å². The second-order valence-electron chi connectivity index (χ2n) is 5.35. The Hall–Kier alpha value is -1.32. The Morgan fingerprint density at radius 2 is 1.56 bits per heavy atom. The second-order valence-corrected chi connectivity index (χ2v) is 5.35. The highest BCUT2D eigenvalue weighted by Crippen LogP contribution is 2.20. The minimum absolute atomic E-state index is 0.648. The van der Waals surface area contributed by atoms with Crippen molar-refractivity contribution in [2.45, 2.75) is 34.6 Å². The van der Waals surface area contributed by atoms with Crippen molar-refractivity contribution in [2.75, 3.05) is 23.7 Å². The third-order valence-electron chi connectivity index (χ3n) is 3.22. The molecule has 0 unspecified atom stereocenters. The van der Waals surface area contributed by atoms with Crippen LogP contribution in [0.15, 0.2) is 12.4 Å². The Morgan fingerprint density at radius 1 is 1.00 bits per heavy atom. The fourth-order valence-electron chi connectivity index (χ4n) is 2.18. The fraction of sp³-hybridized carbons (Fsp3) is 0.714. The van der Waals surface area contributed by atoms with Gasteiger partial charge in [-0.3, -0.25) is 4.98 Å². The molecular weight excluding hydrogens is 224 g/mol. The number of nitrogens with zero attached hydrogens (tertiary/aromatic N) is 2. The van der Waals surface area contributed by atoms with Crippen LogP contribution in [0.3, 0.4) is 0 Å². The molecule has 0 radical (unpaired) electrons. The van der Waals surface area contributed by atoms with Crippen LogP contribution in [0, 0.1) is 17.8 Å². The van der Waals surface area contributed by atoms with Gasteiger partial charge in [-0.25, -0.2) is 4.98 Å². The highest BCUT2D eigenvalue weighted by atomic mass is 15.1. The van der Waals surface area contributed by atoms with Gasteiger partial charge in [0, 0.05) is 13.1 Å². The van der Waals surface area contributed by atoms with E-state index in [2.05, 4.69) is 55.2 Å². The predicted molar refractivity (Wildman–Crippen MR) is 77.9 cm³/mol. The number of rotatable bonds is 7. The van der Waals surface area contributed by atoms with Gasteiger partial charge in [0.1, 0.15) is 11.6 Å². The van der Waals surface area contributed by atoms with Gasteiger partial charge in [0.15, 0.2) is 0 Å². The maximum atomic E-state index is 4.47. The van der Waals surface area contributed by atoms with Crippen molar-refractivity contribution in [1.29, 1.82) is 0 Å². The lowest BCUT2D eigenvalue weighted by molar-refractivity contribution is 0.304. The van der Waals surface area contributed by atoms with E-state index in [9.17, 15) is 0 Å². The minimum atomic E-state index is 0.648. The van der Waals surface area contributed by atoms with Crippen LogP contribution in [0.25, 0.3) is 0 Å². The van der Waals surface area contributed by atoms with Gasteiger partial charge in [-0.15, -0.1) is 0 Å². The molecule has 1 aromatic heterocycles. The number of aromatic nitrogens is 2. The number of anilines is 2. The SMILES string of the molecule is CCNc1cncc(NCC(C(C)C)C(C)C)n1. The van der Waals surface area contributed by atoms with E-state index in [0.29, 0.717) is 17.8 Å². The summed E-state index contributed by atoms with van der Waals surface area (Å²) in [5.74, 6) is 3.66. The molecule has 0 bridgehead atoms. The molecule has 0 aliphatic heterocycles. The van der Waals surface area contributed by atoms with Crippen molar-refractivity contribution < 1.29 is 0 Å². The smallest absolute Gasteiger partial charge is 0.146 e. The molecule has 0 aliphatic rings. The molecule has 0 aromatic carbocycles. The zero-order valence-electron chi connectivity index (χ0n) is 12.2. The van der Waals surface area contributed by atoms with Crippen LogP contribution in [0.2, 0.25) is 0 Å². The van der Waals surface area contributed by atoms with E-state index >= 15 is 0 Å². The van der Waals surface area contributed by atoms with E-state index in [1.807, 2.05) is 0 Å². The molecule has 1 rings (SSSR count). The van der Waals surface area contributed by atoms with E-state index in [4.69, 9.17) is 0 Å². The summed E-state index contributed by atoms with van der Waals surface area (Å²) in [6.07, 6.45) is 3.52. The highest BCUT2D eigenvalue weighted by Gasteiger charge is 2.17. The second kappa shape index (κ2) is 7.19. The zero-order valence-corrected chi connectivity index (χ0v) is 12.2. The summed E-state index contributed by atoms with van der Waals surface area (Å²) in [5, 5.41) is 6.56. The number of hydrogen-bond donors (Lipinski definition) is 2. The van der Waals surface area contributed by atoms with Crippen molar-refractivity contribution in [3.05, 3.63) is 12.4 Å². The summed E-state index contributed by atoms with van der Waals surface area (Å²) in [5.41, 5.74) is 0. The van der Waals surface area contributed by atoms with Crippen molar-refractivity contribution in [3.8, 4) is 0 Å². The van der Waals surface area contributed by atoms with Gasteiger partial charge in [-0.05, 0) is 24.7 Å². The van der Waals surface area contributed by atoms with Gasteiger partial charge in [-0.1, -0.05) is 27.7 Å². The van der Waals surface area contributed by atoms with E-state index in [1.54, 1.807) is 12.4 Å². The Bertz CT molecular complexity index is 341. The lowest BCUT2D eigenvalue weighted by Gasteiger charge is -2.25. The van der Waals surface area contributed by atoms with Crippen LogP contribution in [0.1, 0.15) is 34.6 Å². The lowest BCUT2D eigenvalue weighted by atomic mass is 9.85. The van der Waals surface area contributed by atoms with Crippen LogP contribution < -0.4 is 10.6 Å². The summed E-state index contributed by atoms with van der Waals surface area (Å²) >= 11 is 0. The van der Waals surface area contributed by atoms with Crippen LogP contribution in [-0.4, -0.2) is 23.1 Å². The minimum Gasteiger partial charge on any atom is -0.369 e. The Kier molecular flexibility index (Phi) is 5.89. The third-order valence-corrected chi connectivity index (χ3v) is 3.22. The average Bonchev–Trinajstić information content (AvgIpc) is 2.29. The summed E-state index contributed by atoms with van der Waals surface area (Å²) in [6.45, 7) is 12.9. The average molecular weight is 250 g/mol. The Morgan fingerprint density at radius 3 is 2.06 bits per heavy atom. The van der Waals surface area contributed by atoms with Gasteiger partial charge in [0.05, 0.1) is 12.4 Å². The topological polar surface area (TPSA) is 49.8 Å². The molecule has 0 spiro atoms. The molecule has 1 heterocycles. The third kappa shape index (κ3) is 4.51. The molecule has 18 heavy (non-hydrogen) atoms. The quantitative estimate of drug-likeness (QED) is 0.780. The summed E-state index contributed by atoms with van der Waals surface area (Å²) < 4.78 is 0. The maximum absolute atomic E-state index is 4.47. The summed E-state index contributed by atoms with van der Waals surface area (Å²) in [6, 6.07) is 0. The molecule has 0 saturated carbocycles. The van der Waals surface area contributed by atoms with E-state index in [-0.39, 0.29) is 0 Å². The van der Waals surface area contributed by atoms with Gasteiger partial charge in [0.2, 0.25) is 0 Å². The van der Waals surface area contributed by atoms with Gasteiger partial charge >= 0.3 is 0 Å². The van der Waals surface area contributed by atoms with Crippen molar-refractivity contribution >= 4 is 11.6 Å². The van der Waals surface area contributed by atoms with E-state index in [0.717, 1.165) is 24.7 Å². The summed E-state index contributed by atoms with van der Waals surface area (Å²) in [7, 11) is 0. The molecular formula is C14H26N4.